The van der Waals surface area contributed by atoms with Gasteiger partial charge in [-0.2, -0.15) is 0 Å². The van der Waals surface area contributed by atoms with E-state index in [9.17, 15) is 9.59 Å². The molecule has 19 heavy (non-hydrogen) atoms. The van der Waals surface area contributed by atoms with Crippen molar-refractivity contribution in [3.8, 4) is 0 Å². The maximum atomic E-state index is 12.5. The smallest absolute Gasteiger partial charge is 0.177 e. The van der Waals surface area contributed by atoms with Gasteiger partial charge in [-0.25, -0.2) is 0 Å². The Kier molecular flexibility index (Phi) is 3.70. The lowest BCUT2D eigenvalue weighted by Gasteiger charge is -2.28. The number of rotatable bonds is 3. The van der Waals surface area contributed by atoms with E-state index in [2.05, 4.69) is 19.1 Å². The number of hydrogen-bond acceptors (Lipinski definition) is 2. The van der Waals surface area contributed by atoms with Gasteiger partial charge in [0, 0.05) is 6.42 Å². The van der Waals surface area contributed by atoms with Gasteiger partial charge in [-0.15, -0.1) is 0 Å². The predicted octanol–water partition coefficient (Wildman–Crippen LogP) is 3.70. The highest BCUT2D eigenvalue weighted by atomic mass is 16.1. The molecule has 0 amide bonds. The third-order valence-corrected chi connectivity index (χ3v) is 3.89. The number of ketones is 2. The summed E-state index contributed by atoms with van der Waals surface area (Å²) in [5, 5.41) is 0. The van der Waals surface area contributed by atoms with Crippen molar-refractivity contribution < 1.29 is 9.59 Å². The first-order valence-corrected chi connectivity index (χ1v) is 6.88. The van der Waals surface area contributed by atoms with Crippen LogP contribution in [-0.4, -0.2) is 11.6 Å². The number of carbonyl (C=O) groups is 2. The third kappa shape index (κ3) is 2.27. The van der Waals surface area contributed by atoms with Gasteiger partial charge in [-0.05, 0) is 43.1 Å². The zero-order chi connectivity index (χ0) is 14.2. The topological polar surface area (TPSA) is 34.1 Å². The normalized spacial score (nSPS) is 22.6. The molecule has 0 N–H and O–H groups in total. The van der Waals surface area contributed by atoms with Gasteiger partial charge in [0.2, 0.25) is 0 Å². The Morgan fingerprint density at radius 2 is 1.84 bits per heavy atom. The van der Waals surface area contributed by atoms with Crippen LogP contribution in [-0.2, 0) is 9.59 Å². The fourth-order valence-electron chi connectivity index (χ4n) is 2.77. The Balaban J connectivity index is 2.55. The SMILES string of the molecule is CCC(=O)C1=CC(C)=C2C=C(CC)C=C(C)C2C1=O. The van der Waals surface area contributed by atoms with Crippen LogP contribution < -0.4 is 0 Å². The van der Waals surface area contributed by atoms with Crippen molar-refractivity contribution in [2.75, 3.05) is 0 Å². The van der Waals surface area contributed by atoms with Crippen molar-refractivity contribution in [1.82, 2.24) is 0 Å². The summed E-state index contributed by atoms with van der Waals surface area (Å²) >= 11 is 0. The van der Waals surface area contributed by atoms with E-state index in [-0.39, 0.29) is 17.5 Å². The van der Waals surface area contributed by atoms with Crippen LogP contribution in [0, 0.1) is 5.92 Å². The molecule has 2 heteroatoms. The molecule has 100 valence electrons. The number of hydrogen-bond donors (Lipinski definition) is 0. The van der Waals surface area contributed by atoms with E-state index in [0.29, 0.717) is 12.0 Å². The van der Waals surface area contributed by atoms with Crippen LogP contribution in [0.1, 0.15) is 40.5 Å². The second-order valence-electron chi connectivity index (χ2n) is 5.23. The molecule has 0 aliphatic heterocycles. The van der Waals surface area contributed by atoms with Crippen molar-refractivity contribution in [2.24, 2.45) is 5.92 Å². The van der Waals surface area contributed by atoms with Gasteiger partial charge in [0.15, 0.2) is 11.6 Å². The number of carbonyl (C=O) groups excluding carboxylic acids is 2. The highest BCUT2D eigenvalue weighted by Crippen LogP contribution is 2.37. The zero-order valence-corrected chi connectivity index (χ0v) is 12.0. The molecule has 1 atom stereocenters. The molecule has 0 fully saturated rings. The first-order valence-electron chi connectivity index (χ1n) is 6.88. The third-order valence-electron chi connectivity index (χ3n) is 3.89. The maximum absolute atomic E-state index is 12.5. The molecule has 0 spiro atoms. The zero-order valence-electron chi connectivity index (χ0n) is 12.0. The molecule has 0 radical (unpaired) electrons. The Hall–Kier alpha value is -1.70. The molecule has 2 rings (SSSR count). The Morgan fingerprint density at radius 1 is 1.16 bits per heavy atom. The van der Waals surface area contributed by atoms with Crippen LogP contribution in [0.5, 0.6) is 0 Å². The summed E-state index contributed by atoms with van der Waals surface area (Å²) < 4.78 is 0. The van der Waals surface area contributed by atoms with Gasteiger partial charge in [-0.3, -0.25) is 9.59 Å². The minimum absolute atomic E-state index is 0.0346. The van der Waals surface area contributed by atoms with Crippen molar-refractivity contribution in [2.45, 2.75) is 40.5 Å². The van der Waals surface area contributed by atoms with Crippen LogP contribution in [0.2, 0.25) is 0 Å². The molecule has 2 aliphatic rings. The highest BCUT2D eigenvalue weighted by Gasteiger charge is 2.34. The van der Waals surface area contributed by atoms with E-state index in [0.717, 1.165) is 23.1 Å². The first kappa shape index (κ1) is 13.7. The van der Waals surface area contributed by atoms with Crippen LogP contribution in [0.25, 0.3) is 0 Å². The van der Waals surface area contributed by atoms with Crippen LogP contribution >= 0.6 is 0 Å². The summed E-state index contributed by atoms with van der Waals surface area (Å²) in [6, 6.07) is 0. The fourth-order valence-corrected chi connectivity index (χ4v) is 2.77. The molecule has 0 bridgehead atoms. The van der Waals surface area contributed by atoms with E-state index < -0.39 is 0 Å². The Bertz CT molecular complexity index is 568. The summed E-state index contributed by atoms with van der Waals surface area (Å²) in [7, 11) is 0. The molecule has 2 aliphatic carbocycles. The minimum Gasteiger partial charge on any atom is -0.294 e. The van der Waals surface area contributed by atoms with E-state index in [1.54, 1.807) is 13.0 Å². The second-order valence-corrected chi connectivity index (χ2v) is 5.23. The molecular formula is C17H20O2. The lowest BCUT2D eigenvalue weighted by Crippen LogP contribution is -2.28. The van der Waals surface area contributed by atoms with E-state index in [1.807, 2.05) is 13.8 Å². The van der Waals surface area contributed by atoms with E-state index >= 15 is 0 Å². The molecule has 0 saturated heterocycles. The Labute approximate surface area is 114 Å². The molecule has 1 unspecified atom stereocenters. The molecule has 0 aromatic rings. The van der Waals surface area contributed by atoms with Crippen molar-refractivity contribution in [3.05, 3.63) is 46.1 Å². The van der Waals surface area contributed by atoms with E-state index in [1.165, 1.54) is 5.57 Å². The number of allylic oxidation sites excluding steroid dienone is 8. The van der Waals surface area contributed by atoms with Gasteiger partial charge in [0.25, 0.3) is 0 Å². The summed E-state index contributed by atoms with van der Waals surface area (Å²) in [5.41, 5.74) is 4.77. The largest absolute Gasteiger partial charge is 0.294 e. The monoisotopic (exact) mass is 256 g/mol. The summed E-state index contributed by atoms with van der Waals surface area (Å²) in [4.78, 5) is 24.4. The average molecular weight is 256 g/mol. The van der Waals surface area contributed by atoms with E-state index in [4.69, 9.17) is 0 Å². The Morgan fingerprint density at radius 3 is 2.42 bits per heavy atom. The fraction of sp³-hybridized carbons (Fsp3) is 0.412. The van der Waals surface area contributed by atoms with Crippen molar-refractivity contribution >= 4 is 11.6 Å². The first-order chi connectivity index (χ1) is 8.99. The van der Waals surface area contributed by atoms with Crippen LogP contribution in [0.15, 0.2) is 46.1 Å². The summed E-state index contributed by atoms with van der Waals surface area (Å²) in [6.07, 6.45) is 7.29. The highest BCUT2D eigenvalue weighted by molar-refractivity contribution is 6.23. The quantitative estimate of drug-likeness (QED) is 0.721. The number of Topliss-reactive ketones (excluding diaryl/α,β-unsaturated/α-hetero) is 2. The molecule has 2 nitrogen and oxygen atoms in total. The van der Waals surface area contributed by atoms with Gasteiger partial charge < -0.3 is 0 Å². The standard InChI is InChI=1S/C17H20O2/c1-5-12-7-11(4)16-13(9-12)10(3)8-14(17(16)19)15(18)6-2/h7-9,16H,5-6H2,1-4H3. The molecule has 0 aromatic heterocycles. The molecule has 0 aromatic carbocycles. The van der Waals surface area contributed by atoms with Gasteiger partial charge in [0.1, 0.15) is 0 Å². The molecular weight excluding hydrogens is 236 g/mol. The van der Waals surface area contributed by atoms with Crippen LogP contribution in [0.4, 0.5) is 0 Å². The van der Waals surface area contributed by atoms with Crippen molar-refractivity contribution in [3.63, 3.8) is 0 Å². The lowest BCUT2D eigenvalue weighted by molar-refractivity contribution is -0.122. The van der Waals surface area contributed by atoms with Gasteiger partial charge in [-0.1, -0.05) is 31.6 Å². The maximum Gasteiger partial charge on any atom is 0.177 e. The lowest BCUT2D eigenvalue weighted by atomic mass is 9.73. The predicted molar refractivity (Wildman–Crippen MR) is 76.7 cm³/mol. The van der Waals surface area contributed by atoms with Gasteiger partial charge >= 0.3 is 0 Å². The second kappa shape index (κ2) is 5.12. The summed E-state index contributed by atoms with van der Waals surface area (Å²) in [6.45, 7) is 7.87. The number of fused-ring (bicyclic) bond motifs is 1. The van der Waals surface area contributed by atoms with Crippen molar-refractivity contribution in [1.29, 1.82) is 0 Å². The van der Waals surface area contributed by atoms with Crippen LogP contribution in [0.3, 0.4) is 0 Å². The average Bonchev–Trinajstić information content (AvgIpc) is 2.41. The molecule has 0 heterocycles. The molecule has 0 saturated carbocycles. The van der Waals surface area contributed by atoms with Gasteiger partial charge in [0.05, 0.1) is 11.5 Å². The minimum atomic E-state index is -0.245. The summed E-state index contributed by atoms with van der Waals surface area (Å²) in [5.74, 6) is -0.333.